The minimum atomic E-state index is -0.781. The van der Waals surface area contributed by atoms with E-state index in [1.807, 2.05) is 103 Å². The number of nitrogens with one attached hydrogen (secondary N) is 2. The van der Waals surface area contributed by atoms with Gasteiger partial charge in [0.1, 0.15) is 5.75 Å². The van der Waals surface area contributed by atoms with E-state index in [1.54, 1.807) is 24.3 Å². The molecule has 5 atom stereocenters. The second-order valence-corrected chi connectivity index (χ2v) is 13.5. The minimum Gasteiger partial charge on any atom is -0.508 e. The van der Waals surface area contributed by atoms with Gasteiger partial charge in [0.2, 0.25) is 0 Å². The first kappa shape index (κ1) is 36.8. The van der Waals surface area contributed by atoms with Crippen LogP contribution in [0.5, 0.6) is 5.75 Å². The second kappa shape index (κ2) is 17.5. The van der Waals surface area contributed by atoms with Crippen LogP contribution in [0.25, 0.3) is 11.1 Å². The molecule has 1 heterocycles. The van der Waals surface area contributed by atoms with Crippen LogP contribution < -0.4 is 10.6 Å². The summed E-state index contributed by atoms with van der Waals surface area (Å²) >= 11 is 0. The molecule has 52 heavy (non-hydrogen) atoms. The van der Waals surface area contributed by atoms with Crippen LogP contribution in [-0.4, -0.2) is 52.5 Å². The third-order valence-corrected chi connectivity index (χ3v) is 9.52. The normalized spacial score (nSPS) is 19.2. The van der Waals surface area contributed by atoms with E-state index < -0.39 is 12.4 Å². The molecule has 0 spiro atoms. The molecule has 6 rings (SSSR count). The molecule has 270 valence electrons. The fourth-order valence-electron chi connectivity index (χ4n) is 6.59. The quantitative estimate of drug-likeness (QED) is 0.0896. The van der Waals surface area contributed by atoms with Crippen LogP contribution in [0.15, 0.2) is 127 Å². The van der Waals surface area contributed by atoms with Gasteiger partial charge in [0.05, 0.1) is 24.9 Å². The number of rotatable bonds is 13. The van der Waals surface area contributed by atoms with Gasteiger partial charge in [-0.3, -0.25) is 0 Å². The summed E-state index contributed by atoms with van der Waals surface area (Å²) in [4.78, 5) is 14.5. The number of likely N-dealkylation sites (N-methyl/N-ethyl adjacent to an activating group) is 1. The van der Waals surface area contributed by atoms with Crippen LogP contribution in [-0.2, 0) is 29.2 Å². The Labute approximate surface area is 305 Å². The highest BCUT2D eigenvalue weighted by molar-refractivity contribution is 5.74. The molecule has 5 aromatic carbocycles. The summed E-state index contributed by atoms with van der Waals surface area (Å²) < 4.78 is 13.4. The molecule has 9 heteroatoms. The van der Waals surface area contributed by atoms with Crippen molar-refractivity contribution in [2.45, 2.75) is 51.2 Å². The van der Waals surface area contributed by atoms with E-state index in [0.717, 1.165) is 38.9 Å². The summed E-state index contributed by atoms with van der Waals surface area (Å²) in [6.45, 7) is 3.81. The first-order valence-electron chi connectivity index (χ1n) is 17.7. The topological polar surface area (TPSA) is 124 Å². The summed E-state index contributed by atoms with van der Waals surface area (Å²) in [5, 5.41) is 36.3. The zero-order chi connectivity index (χ0) is 36.5. The van der Waals surface area contributed by atoms with Crippen molar-refractivity contribution in [3.8, 4) is 16.9 Å². The summed E-state index contributed by atoms with van der Waals surface area (Å²) in [5.74, 6) is 0.0832. The van der Waals surface area contributed by atoms with Gasteiger partial charge in [0.15, 0.2) is 6.29 Å². The van der Waals surface area contributed by atoms with Crippen LogP contribution in [0, 0.1) is 5.92 Å². The maximum Gasteiger partial charge on any atom is 0.315 e. The van der Waals surface area contributed by atoms with Gasteiger partial charge in [-0.05, 0) is 70.3 Å². The summed E-state index contributed by atoms with van der Waals surface area (Å²) in [5.41, 5.74) is 7.35. The number of aliphatic hydroxyl groups is 2. The first-order valence-corrected chi connectivity index (χ1v) is 17.7. The molecule has 1 saturated heterocycles. The Bertz CT molecular complexity index is 1900. The van der Waals surface area contributed by atoms with Crippen LogP contribution in [0.4, 0.5) is 4.79 Å². The Morgan fingerprint density at radius 3 is 2.15 bits per heavy atom. The number of aliphatic hydroxyl groups excluding tert-OH is 2. The number of carbonyl (C=O) groups is 1. The standard InChI is InChI=1S/C43H47N3O6/c1-29-40(27-46(2)26-39(49)36-14-8-16-38(48)23-36)51-42(52-41(29)33-19-17-31(28-47)18-20-33)37-15-7-13-35(22-37)34-12-6-11-32(21-34)25-45-43(50)44-24-30-9-4-3-5-10-30/h3-23,29,39-42,47-49H,24-28H2,1-2H3,(H2,44,45,50)/t29-,39+,40+,41+,42+/m0/s1. The minimum absolute atomic E-state index is 0.0335. The lowest BCUT2D eigenvalue weighted by molar-refractivity contribution is -0.276. The largest absolute Gasteiger partial charge is 0.508 e. The summed E-state index contributed by atoms with van der Waals surface area (Å²) in [6, 6.07) is 40.3. The van der Waals surface area contributed by atoms with Crippen molar-refractivity contribution in [2.24, 2.45) is 5.92 Å². The SMILES string of the molecule is C[C@H]1[C@@H](CN(C)C[C@@H](O)c2cccc(O)c2)O[C@@H](c2cccc(-c3cccc(CNC(=O)NCc4ccccc4)c3)c2)O[C@H]1c1ccc(CO)cc1. The highest BCUT2D eigenvalue weighted by Crippen LogP contribution is 2.42. The zero-order valence-electron chi connectivity index (χ0n) is 29.6. The molecule has 0 aliphatic carbocycles. The molecule has 1 fully saturated rings. The van der Waals surface area contributed by atoms with Gasteiger partial charge in [-0.25, -0.2) is 4.79 Å². The average molecular weight is 702 g/mol. The Morgan fingerprint density at radius 2 is 1.42 bits per heavy atom. The van der Waals surface area contributed by atoms with E-state index in [2.05, 4.69) is 29.7 Å². The molecule has 9 nitrogen and oxygen atoms in total. The van der Waals surface area contributed by atoms with E-state index in [1.165, 1.54) is 0 Å². The number of phenolic OH excluding ortho intramolecular Hbond substituents is 1. The van der Waals surface area contributed by atoms with Crippen molar-refractivity contribution in [1.82, 2.24) is 15.5 Å². The van der Waals surface area contributed by atoms with Crippen molar-refractivity contribution in [3.63, 3.8) is 0 Å². The molecule has 0 unspecified atom stereocenters. The number of phenols is 1. The molecule has 1 aliphatic heterocycles. The average Bonchev–Trinajstić information content (AvgIpc) is 3.17. The van der Waals surface area contributed by atoms with Crippen LogP contribution in [0.1, 0.15) is 58.8 Å². The molecular weight excluding hydrogens is 654 g/mol. The number of benzene rings is 5. The highest BCUT2D eigenvalue weighted by atomic mass is 16.7. The third-order valence-electron chi connectivity index (χ3n) is 9.52. The van der Waals surface area contributed by atoms with Crippen molar-refractivity contribution in [3.05, 3.63) is 161 Å². The fourth-order valence-corrected chi connectivity index (χ4v) is 6.59. The monoisotopic (exact) mass is 701 g/mol. The van der Waals surface area contributed by atoms with E-state index >= 15 is 0 Å². The van der Waals surface area contributed by atoms with E-state index in [0.29, 0.717) is 31.7 Å². The van der Waals surface area contributed by atoms with Gasteiger partial charge in [0, 0.05) is 37.7 Å². The number of hydrogen-bond donors (Lipinski definition) is 5. The predicted octanol–water partition coefficient (Wildman–Crippen LogP) is 7.01. The third kappa shape index (κ3) is 9.64. The first-order chi connectivity index (χ1) is 25.2. The lowest BCUT2D eigenvalue weighted by Gasteiger charge is -2.42. The van der Waals surface area contributed by atoms with Gasteiger partial charge >= 0.3 is 6.03 Å². The molecule has 0 saturated carbocycles. The molecule has 0 bridgehead atoms. The number of hydrogen-bond acceptors (Lipinski definition) is 7. The number of amides is 2. The van der Waals surface area contributed by atoms with Gasteiger partial charge in [-0.2, -0.15) is 0 Å². The molecular formula is C43H47N3O6. The highest BCUT2D eigenvalue weighted by Gasteiger charge is 2.39. The van der Waals surface area contributed by atoms with Crippen molar-refractivity contribution >= 4 is 6.03 Å². The lowest BCUT2D eigenvalue weighted by Crippen LogP contribution is -2.44. The molecule has 5 N–H and O–H groups in total. The Balaban J connectivity index is 1.17. The summed E-state index contributed by atoms with van der Waals surface area (Å²) in [7, 11) is 1.95. The molecule has 2 amide bonds. The van der Waals surface area contributed by atoms with Crippen molar-refractivity contribution in [2.75, 3.05) is 20.1 Å². The Morgan fingerprint density at radius 1 is 0.750 bits per heavy atom. The predicted molar refractivity (Wildman–Crippen MR) is 201 cm³/mol. The van der Waals surface area contributed by atoms with Crippen LogP contribution >= 0.6 is 0 Å². The van der Waals surface area contributed by atoms with E-state index in [4.69, 9.17) is 9.47 Å². The summed E-state index contributed by atoms with van der Waals surface area (Å²) in [6.07, 6.45) is -1.97. The molecule has 1 aliphatic rings. The lowest BCUT2D eigenvalue weighted by atomic mass is 9.89. The number of ether oxygens (including phenoxy) is 2. The second-order valence-electron chi connectivity index (χ2n) is 13.5. The van der Waals surface area contributed by atoms with E-state index in [-0.39, 0.29) is 36.5 Å². The zero-order valence-corrected chi connectivity index (χ0v) is 29.6. The van der Waals surface area contributed by atoms with Gasteiger partial charge in [-0.1, -0.05) is 110 Å². The van der Waals surface area contributed by atoms with Crippen LogP contribution in [0.2, 0.25) is 0 Å². The van der Waals surface area contributed by atoms with E-state index in [9.17, 15) is 20.1 Å². The number of aromatic hydroxyl groups is 1. The smallest absolute Gasteiger partial charge is 0.315 e. The van der Waals surface area contributed by atoms with Crippen molar-refractivity contribution < 1.29 is 29.6 Å². The Hall–Kier alpha value is -5.03. The molecule has 0 radical (unpaired) electrons. The number of urea groups is 1. The van der Waals surface area contributed by atoms with Crippen molar-refractivity contribution in [1.29, 1.82) is 0 Å². The van der Waals surface area contributed by atoms with Gasteiger partial charge < -0.3 is 40.3 Å². The molecule has 0 aromatic heterocycles. The molecule has 5 aromatic rings. The number of nitrogens with zero attached hydrogens (tertiary/aromatic N) is 1. The van der Waals surface area contributed by atoms with Gasteiger partial charge in [-0.15, -0.1) is 0 Å². The maximum absolute atomic E-state index is 12.5. The Kier molecular flexibility index (Phi) is 12.3. The number of carbonyl (C=O) groups excluding carboxylic acids is 1. The van der Waals surface area contributed by atoms with Gasteiger partial charge in [0.25, 0.3) is 0 Å². The fraction of sp³-hybridized carbons (Fsp3) is 0.279. The van der Waals surface area contributed by atoms with Crippen LogP contribution in [0.3, 0.4) is 0 Å². The maximum atomic E-state index is 12.5.